The molecule has 2 aliphatic rings. The normalized spacial score (nSPS) is 39.0. The molecule has 2 fully saturated rings. The van der Waals surface area contributed by atoms with Crippen molar-refractivity contribution in [2.24, 2.45) is 11.3 Å². The topological polar surface area (TPSA) is 23.5 Å². The van der Waals surface area contributed by atoms with E-state index >= 15 is 0 Å². The predicted molar refractivity (Wildman–Crippen MR) is 53.6 cm³/mol. The van der Waals surface area contributed by atoms with Gasteiger partial charge in [-0.05, 0) is 24.2 Å². The smallest absolute Gasteiger partial charge is 0.0474 e. The molecule has 2 nitrogen and oxygen atoms in total. The summed E-state index contributed by atoms with van der Waals surface area (Å²) in [6, 6.07) is 0.693. The summed E-state index contributed by atoms with van der Waals surface area (Å²) in [5, 5.41) is 9.21. The van der Waals surface area contributed by atoms with E-state index in [4.69, 9.17) is 0 Å². The molecule has 1 saturated carbocycles. The first-order chi connectivity index (χ1) is 6.12. The molecule has 1 heterocycles. The van der Waals surface area contributed by atoms with Crippen molar-refractivity contribution in [3.8, 4) is 0 Å². The van der Waals surface area contributed by atoms with Gasteiger partial charge in [0.25, 0.3) is 0 Å². The summed E-state index contributed by atoms with van der Waals surface area (Å²) in [5.41, 5.74) is 0.530. The Labute approximate surface area is 80.9 Å². The van der Waals surface area contributed by atoms with Crippen LogP contribution >= 0.6 is 0 Å². The Bertz CT molecular complexity index is 183. The fraction of sp³-hybridized carbons (Fsp3) is 1.00. The van der Waals surface area contributed by atoms with Crippen molar-refractivity contribution in [1.82, 2.24) is 4.90 Å². The van der Waals surface area contributed by atoms with Gasteiger partial charge >= 0.3 is 0 Å². The number of aliphatic hydroxyl groups is 1. The largest absolute Gasteiger partial charge is 0.396 e. The number of hydrogen-bond acceptors (Lipinski definition) is 2. The Hall–Kier alpha value is -0.0800. The highest BCUT2D eigenvalue weighted by Gasteiger charge is 2.42. The van der Waals surface area contributed by atoms with Gasteiger partial charge in [-0.15, -0.1) is 0 Å². The van der Waals surface area contributed by atoms with Crippen LogP contribution in [0.25, 0.3) is 0 Å². The first-order valence-corrected chi connectivity index (χ1v) is 5.47. The Balaban J connectivity index is 1.88. The van der Waals surface area contributed by atoms with Gasteiger partial charge in [0.15, 0.2) is 0 Å². The Morgan fingerprint density at radius 3 is 2.54 bits per heavy atom. The maximum atomic E-state index is 9.21. The monoisotopic (exact) mass is 183 g/mol. The van der Waals surface area contributed by atoms with Gasteiger partial charge in [0, 0.05) is 25.7 Å². The number of hydrogen-bond donors (Lipinski definition) is 1. The average molecular weight is 183 g/mol. The highest BCUT2D eigenvalue weighted by Crippen LogP contribution is 2.38. The molecule has 1 N–H and O–H groups in total. The molecule has 76 valence electrons. The summed E-state index contributed by atoms with van der Waals surface area (Å²) in [6.45, 7) is 7.50. The minimum Gasteiger partial charge on any atom is -0.396 e. The van der Waals surface area contributed by atoms with Crippen molar-refractivity contribution in [2.75, 3.05) is 19.7 Å². The first kappa shape index (κ1) is 9.47. The van der Waals surface area contributed by atoms with Gasteiger partial charge in [-0.3, -0.25) is 4.90 Å². The van der Waals surface area contributed by atoms with Crippen LogP contribution in [0.2, 0.25) is 0 Å². The maximum absolute atomic E-state index is 9.21. The first-order valence-electron chi connectivity index (χ1n) is 5.47. The van der Waals surface area contributed by atoms with E-state index in [1.165, 1.54) is 32.4 Å². The summed E-state index contributed by atoms with van der Waals surface area (Å²) >= 11 is 0. The second-order valence-electron chi connectivity index (χ2n) is 5.51. The van der Waals surface area contributed by atoms with Gasteiger partial charge < -0.3 is 5.11 Å². The summed E-state index contributed by atoms with van der Waals surface area (Å²) in [5.74, 6) is 0.566. The van der Waals surface area contributed by atoms with Crippen molar-refractivity contribution in [3.05, 3.63) is 0 Å². The minimum atomic E-state index is 0.390. The van der Waals surface area contributed by atoms with Crippen LogP contribution in [0.5, 0.6) is 0 Å². The third kappa shape index (κ3) is 1.75. The molecule has 0 bridgehead atoms. The summed E-state index contributed by atoms with van der Waals surface area (Å²) < 4.78 is 0. The van der Waals surface area contributed by atoms with Gasteiger partial charge in [0.1, 0.15) is 0 Å². The molecule has 0 amide bonds. The lowest BCUT2D eigenvalue weighted by Crippen LogP contribution is -2.58. The third-order valence-electron chi connectivity index (χ3n) is 3.58. The summed E-state index contributed by atoms with van der Waals surface area (Å²) in [4.78, 5) is 2.56. The number of nitrogens with zero attached hydrogens (tertiary/aromatic N) is 1. The van der Waals surface area contributed by atoms with Crippen molar-refractivity contribution in [3.63, 3.8) is 0 Å². The van der Waals surface area contributed by atoms with Crippen molar-refractivity contribution >= 4 is 0 Å². The zero-order chi connectivity index (χ0) is 9.47. The van der Waals surface area contributed by atoms with Gasteiger partial charge in [-0.2, -0.15) is 0 Å². The van der Waals surface area contributed by atoms with Crippen LogP contribution in [0, 0.1) is 11.3 Å². The van der Waals surface area contributed by atoms with Gasteiger partial charge in [0.05, 0.1) is 0 Å². The third-order valence-corrected chi connectivity index (χ3v) is 3.58. The second-order valence-corrected chi connectivity index (χ2v) is 5.51. The molecule has 13 heavy (non-hydrogen) atoms. The predicted octanol–water partition coefficient (Wildman–Crippen LogP) is 1.49. The zero-order valence-corrected chi connectivity index (χ0v) is 8.79. The average Bonchev–Trinajstić information content (AvgIpc) is 2.46. The molecule has 2 unspecified atom stereocenters. The van der Waals surface area contributed by atoms with E-state index in [-0.39, 0.29) is 0 Å². The second kappa shape index (κ2) is 3.25. The van der Waals surface area contributed by atoms with Crippen molar-refractivity contribution in [1.29, 1.82) is 0 Å². The summed E-state index contributed by atoms with van der Waals surface area (Å²) in [6.07, 6.45) is 3.85. The van der Waals surface area contributed by atoms with Crippen LogP contribution in [0.4, 0.5) is 0 Å². The van der Waals surface area contributed by atoms with Crippen molar-refractivity contribution in [2.45, 2.75) is 39.2 Å². The molecule has 1 aliphatic carbocycles. The molecule has 1 aliphatic heterocycles. The Kier molecular flexibility index (Phi) is 2.37. The molecule has 0 spiro atoms. The Morgan fingerprint density at radius 1 is 1.31 bits per heavy atom. The van der Waals surface area contributed by atoms with Crippen LogP contribution in [-0.4, -0.2) is 35.7 Å². The van der Waals surface area contributed by atoms with Crippen molar-refractivity contribution < 1.29 is 5.11 Å². The van der Waals surface area contributed by atoms with Crippen LogP contribution < -0.4 is 0 Å². The fourth-order valence-electron chi connectivity index (χ4n) is 3.00. The van der Waals surface area contributed by atoms with Gasteiger partial charge in [-0.1, -0.05) is 20.3 Å². The zero-order valence-electron chi connectivity index (χ0n) is 8.79. The molecular formula is C11H21NO. The number of likely N-dealkylation sites (tertiary alicyclic amines) is 1. The molecule has 0 aromatic heterocycles. The molecular weight excluding hydrogens is 162 g/mol. The highest BCUT2D eigenvalue weighted by atomic mass is 16.3. The quantitative estimate of drug-likeness (QED) is 0.701. The van der Waals surface area contributed by atoms with E-state index in [0.29, 0.717) is 24.0 Å². The van der Waals surface area contributed by atoms with Gasteiger partial charge in [-0.25, -0.2) is 0 Å². The van der Waals surface area contributed by atoms with E-state index in [0.717, 1.165) is 0 Å². The molecule has 2 rings (SSSR count). The number of rotatable bonds is 2. The van der Waals surface area contributed by atoms with Crippen LogP contribution in [0.15, 0.2) is 0 Å². The summed E-state index contributed by atoms with van der Waals surface area (Å²) in [7, 11) is 0. The standard InChI is InChI=1S/C11H21NO/c1-11(2)7-12(8-11)10-5-3-4-9(10)6-13/h9-10,13H,3-8H2,1-2H3. The maximum Gasteiger partial charge on any atom is 0.0474 e. The van der Waals surface area contributed by atoms with Crippen LogP contribution in [0.1, 0.15) is 33.1 Å². The van der Waals surface area contributed by atoms with E-state index < -0.39 is 0 Å². The highest BCUT2D eigenvalue weighted by molar-refractivity contribution is 4.95. The molecule has 0 aromatic carbocycles. The van der Waals surface area contributed by atoms with E-state index in [9.17, 15) is 5.11 Å². The molecule has 2 heteroatoms. The lowest BCUT2D eigenvalue weighted by molar-refractivity contribution is -0.0258. The lowest BCUT2D eigenvalue weighted by Gasteiger charge is -2.50. The van der Waals surface area contributed by atoms with Crippen LogP contribution in [-0.2, 0) is 0 Å². The van der Waals surface area contributed by atoms with E-state index in [1.54, 1.807) is 0 Å². The SMILES string of the molecule is CC1(C)CN(C2CCCC2CO)C1. The van der Waals surface area contributed by atoms with Gasteiger partial charge in [0.2, 0.25) is 0 Å². The fourth-order valence-corrected chi connectivity index (χ4v) is 3.00. The lowest BCUT2D eigenvalue weighted by atomic mass is 9.82. The number of aliphatic hydroxyl groups excluding tert-OH is 1. The van der Waals surface area contributed by atoms with E-state index in [1.807, 2.05) is 0 Å². The Morgan fingerprint density at radius 2 is 2.00 bits per heavy atom. The molecule has 0 aromatic rings. The van der Waals surface area contributed by atoms with E-state index in [2.05, 4.69) is 18.7 Å². The molecule has 2 atom stereocenters. The van der Waals surface area contributed by atoms with Crippen LogP contribution in [0.3, 0.4) is 0 Å². The molecule has 1 saturated heterocycles. The molecule has 0 radical (unpaired) electrons. The minimum absolute atomic E-state index is 0.390.